The minimum Gasteiger partial charge on any atom is -0.385 e. The lowest BCUT2D eigenvalue weighted by molar-refractivity contribution is -0.235. The Balaban J connectivity index is 1.96. The maximum atomic E-state index is 13.5. The van der Waals surface area contributed by atoms with Crippen molar-refractivity contribution < 1.29 is 27.2 Å². The van der Waals surface area contributed by atoms with Crippen LogP contribution in [0.15, 0.2) is 47.4 Å². The fourth-order valence-electron chi connectivity index (χ4n) is 4.15. The lowest BCUT2D eigenvalue weighted by atomic mass is 9.89. The van der Waals surface area contributed by atoms with Gasteiger partial charge in [-0.2, -0.15) is 8.42 Å². The van der Waals surface area contributed by atoms with Gasteiger partial charge in [0.2, 0.25) is 5.79 Å². The smallest absolute Gasteiger partial charge is 0.297 e. The highest BCUT2D eigenvalue weighted by atomic mass is 32.2. The van der Waals surface area contributed by atoms with E-state index >= 15 is 0 Å². The first-order chi connectivity index (χ1) is 15.5. The highest BCUT2D eigenvalue weighted by Gasteiger charge is 2.46. The zero-order valence-corrected chi connectivity index (χ0v) is 21.2. The molecule has 0 aliphatic carbocycles. The molecule has 0 bridgehead atoms. The van der Waals surface area contributed by atoms with Gasteiger partial charge in [0.1, 0.15) is 11.0 Å². The molecule has 0 saturated carbocycles. The van der Waals surface area contributed by atoms with E-state index in [-0.39, 0.29) is 22.6 Å². The molecule has 1 atom stereocenters. The van der Waals surface area contributed by atoms with Crippen LogP contribution < -0.4 is 0 Å². The van der Waals surface area contributed by atoms with Crippen molar-refractivity contribution in [3.8, 4) is 0 Å². The second-order valence-electron chi connectivity index (χ2n) is 9.48. The summed E-state index contributed by atoms with van der Waals surface area (Å²) < 4.78 is 44.1. The molecule has 33 heavy (non-hydrogen) atoms. The second-order valence-corrected chi connectivity index (χ2v) is 11.0. The number of hydrogen-bond donors (Lipinski definition) is 1. The Bertz CT molecular complexity index is 1010. The molecule has 0 radical (unpaired) electrons. The van der Waals surface area contributed by atoms with Crippen LogP contribution in [0.4, 0.5) is 0 Å². The first-order valence-electron chi connectivity index (χ1n) is 11.6. The Morgan fingerprint density at radius 2 is 1.42 bits per heavy atom. The van der Waals surface area contributed by atoms with Gasteiger partial charge in [0, 0.05) is 5.56 Å². The largest absolute Gasteiger partial charge is 0.385 e. The minimum absolute atomic E-state index is 0.0170. The normalized spacial score (nSPS) is 17.3. The third-order valence-corrected chi connectivity index (χ3v) is 7.46. The predicted molar refractivity (Wildman–Crippen MR) is 128 cm³/mol. The zero-order chi connectivity index (χ0) is 24.4. The van der Waals surface area contributed by atoms with Crippen LogP contribution in [0.2, 0.25) is 0 Å². The van der Waals surface area contributed by atoms with Crippen molar-refractivity contribution in [1.82, 2.24) is 0 Å². The van der Waals surface area contributed by atoms with E-state index in [0.29, 0.717) is 18.8 Å². The molecule has 7 heteroatoms. The van der Waals surface area contributed by atoms with Crippen LogP contribution in [0.1, 0.15) is 81.5 Å². The van der Waals surface area contributed by atoms with Gasteiger partial charge in [-0.1, -0.05) is 84.0 Å². The van der Waals surface area contributed by atoms with Crippen LogP contribution in [-0.2, 0) is 29.6 Å². The first-order valence-corrected chi connectivity index (χ1v) is 13.0. The van der Waals surface area contributed by atoms with Gasteiger partial charge in [-0.05, 0) is 34.4 Å². The molecular weight excluding hydrogens is 440 g/mol. The molecule has 1 N–H and O–H groups in total. The van der Waals surface area contributed by atoms with Gasteiger partial charge in [-0.15, -0.1) is 0 Å². The van der Waals surface area contributed by atoms with Crippen molar-refractivity contribution in [3.05, 3.63) is 64.7 Å². The Kier molecular flexibility index (Phi) is 8.02. The average Bonchev–Trinajstić information content (AvgIpc) is 3.28. The molecule has 1 heterocycles. The fraction of sp³-hybridized carbons (Fsp3) is 0.538. The molecule has 1 saturated heterocycles. The van der Waals surface area contributed by atoms with Crippen LogP contribution in [0.25, 0.3) is 0 Å². The van der Waals surface area contributed by atoms with E-state index in [0.717, 1.165) is 16.7 Å². The molecule has 1 unspecified atom stereocenters. The molecule has 2 aromatic rings. The molecule has 3 rings (SSSR count). The van der Waals surface area contributed by atoms with E-state index < -0.39 is 28.6 Å². The quantitative estimate of drug-likeness (QED) is 0.512. The van der Waals surface area contributed by atoms with Crippen LogP contribution in [0, 0.1) is 0 Å². The van der Waals surface area contributed by atoms with Crippen molar-refractivity contribution in [2.75, 3.05) is 19.8 Å². The predicted octanol–water partition coefficient (Wildman–Crippen LogP) is 5.02. The van der Waals surface area contributed by atoms with Crippen molar-refractivity contribution in [3.63, 3.8) is 0 Å². The summed E-state index contributed by atoms with van der Waals surface area (Å²) in [6, 6.07) is 13.0. The monoisotopic (exact) mass is 476 g/mol. The van der Waals surface area contributed by atoms with Gasteiger partial charge in [0.05, 0.1) is 19.8 Å². The third kappa shape index (κ3) is 5.33. The number of aliphatic hydroxyl groups is 1. The summed E-state index contributed by atoms with van der Waals surface area (Å²) in [7, 11) is -4.16. The number of benzene rings is 2. The first kappa shape index (κ1) is 25.8. The van der Waals surface area contributed by atoms with Gasteiger partial charge >= 0.3 is 0 Å². The van der Waals surface area contributed by atoms with Crippen molar-refractivity contribution in [2.24, 2.45) is 0 Å². The van der Waals surface area contributed by atoms with Crippen molar-refractivity contribution in [2.45, 2.75) is 76.1 Å². The molecule has 0 amide bonds. The van der Waals surface area contributed by atoms with Gasteiger partial charge in [0.25, 0.3) is 10.1 Å². The number of hydrogen-bond acceptors (Lipinski definition) is 6. The van der Waals surface area contributed by atoms with Crippen LogP contribution in [-0.4, -0.2) is 39.4 Å². The minimum atomic E-state index is -4.16. The van der Waals surface area contributed by atoms with Crippen LogP contribution >= 0.6 is 0 Å². The molecule has 0 spiro atoms. The molecule has 1 fully saturated rings. The Labute approximate surface area is 198 Å². The molecule has 182 valence electrons. The lowest BCUT2D eigenvalue weighted by Gasteiger charge is -2.32. The Morgan fingerprint density at radius 3 is 1.88 bits per heavy atom. The van der Waals surface area contributed by atoms with Gasteiger partial charge in [-0.25, -0.2) is 0 Å². The highest BCUT2D eigenvalue weighted by Crippen LogP contribution is 2.38. The molecule has 6 nitrogen and oxygen atoms in total. The average molecular weight is 477 g/mol. The van der Waals surface area contributed by atoms with E-state index in [2.05, 4.69) is 13.8 Å². The topological polar surface area (TPSA) is 82.1 Å². The Morgan fingerprint density at radius 1 is 0.909 bits per heavy atom. The second kappa shape index (κ2) is 10.2. The third-order valence-electron chi connectivity index (χ3n) is 6.04. The van der Waals surface area contributed by atoms with Gasteiger partial charge in [0.15, 0.2) is 0 Å². The summed E-state index contributed by atoms with van der Waals surface area (Å²) in [6.07, 6.45) is -1.34. The highest BCUT2D eigenvalue weighted by molar-refractivity contribution is 7.86. The number of ether oxygens (including phenoxy) is 2. The summed E-state index contributed by atoms with van der Waals surface area (Å²) in [5.41, 5.74) is 3.16. The van der Waals surface area contributed by atoms with Crippen LogP contribution in [0.5, 0.6) is 0 Å². The zero-order valence-electron chi connectivity index (χ0n) is 20.4. The molecule has 2 aromatic carbocycles. The molecular formula is C26H36O6S. The van der Waals surface area contributed by atoms with Crippen molar-refractivity contribution >= 4 is 10.1 Å². The Hall–Kier alpha value is -1.77. The maximum Gasteiger partial charge on any atom is 0.297 e. The number of rotatable bonds is 9. The van der Waals surface area contributed by atoms with E-state index in [1.165, 1.54) is 0 Å². The standard InChI is InChI=1S/C26H36O6S/c1-17(2)20-14-22(18(3)4)25(23(15-20)19(5)6)33(28,29)32-16-24(27)26(30-12-13-31-26)21-10-8-7-9-11-21/h7-11,14-15,17-19,24,27H,12-13,16H2,1-6H3. The van der Waals surface area contributed by atoms with Gasteiger partial charge in [-0.3, -0.25) is 4.18 Å². The molecule has 0 aromatic heterocycles. The lowest BCUT2D eigenvalue weighted by Crippen LogP contribution is -2.44. The van der Waals surface area contributed by atoms with Crippen LogP contribution in [0.3, 0.4) is 0 Å². The SMILES string of the molecule is CC(C)c1cc(C(C)C)c(S(=O)(=O)OCC(O)C2(c3ccccc3)OCCO2)c(C(C)C)c1. The van der Waals surface area contributed by atoms with E-state index in [1.54, 1.807) is 12.1 Å². The molecule has 1 aliphatic heterocycles. The number of aliphatic hydroxyl groups excluding tert-OH is 1. The van der Waals surface area contributed by atoms with E-state index in [9.17, 15) is 13.5 Å². The summed E-state index contributed by atoms with van der Waals surface area (Å²) in [5, 5.41) is 11.0. The van der Waals surface area contributed by atoms with Crippen molar-refractivity contribution in [1.29, 1.82) is 0 Å². The summed E-state index contributed by atoms with van der Waals surface area (Å²) in [5.74, 6) is -1.23. The van der Waals surface area contributed by atoms with E-state index in [4.69, 9.17) is 13.7 Å². The summed E-state index contributed by atoms with van der Waals surface area (Å²) >= 11 is 0. The summed E-state index contributed by atoms with van der Waals surface area (Å²) in [4.78, 5) is 0.200. The van der Waals surface area contributed by atoms with E-state index in [1.807, 2.05) is 58.0 Å². The maximum absolute atomic E-state index is 13.5. The molecule has 1 aliphatic rings. The van der Waals surface area contributed by atoms with Gasteiger partial charge < -0.3 is 14.6 Å². The summed E-state index contributed by atoms with van der Waals surface area (Å²) in [6.45, 7) is 12.2. The fourth-order valence-corrected chi connectivity index (χ4v) is 5.74.